The van der Waals surface area contributed by atoms with E-state index in [0.717, 1.165) is 15.6 Å². The van der Waals surface area contributed by atoms with Crippen LogP contribution in [-0.4, -0.2) is 55.4 Å². The van der Waals surface area contributed by atoms with Gasteiger partial charge in [-0.25, -0.2) is 8.42 Å². The number of carbonyl (C=O) groups excluding carboxylic acids is 1. The first kappa shape index (κ1) is 26.2. The van der Waals surface area contributed by atoms with Gasteiger partial charge in [0.15, 0.2) is 11.5 Å². The van der Waals surface area contributed by atoms with Gasteiger partial charge in [-0.2, -0.15) is 0 Å². The summed E-state index contributed by atoms with van der Waals surface area (Å²) in [6.07, 6.45) is 0.687. The zero-order valence-electron chi connectivity index (χ0n) is 21.4. The smallest absolute Gasteiger partial charge is 0.265 e. The predicted octanol–water partition coefficient (Wildman–Crippen LogP) is 3.89. The average Bonchev–Trinajstić information content (AvgIpc) is 3.26. The van der Waals surface area contributed by atoms with Crippen LogP contribution in [0.1, 0.15) is 12.5 Å². The van der Waals surface area contributed by atoms with Gasteiger partial charge in [0.25, 0.3) is 10.0 Å². The van der Waals surface area contributed by atoms with Crippen LogP contribution in [0.15, 0.2) is 65.6 Å². The molecule has 0 fully saturated rings. The van der Waals surface area contributed by atoms with E-state index in [4.69, 9.17) is 18.9 Å². The number of anilines is 2. The Bertz CT molecular complexity index is 1410. The molecule has 3 aromatic rings. The van der Waals surface area contributed by atoms with Crippen LogP contribution in [0.5, 0.6) is 23.0 Å². The number of amides is 1. The number of nitrogens with zero attached hydrogens (tertiary/aromatic N) is 2. The van der Waals surface area contributed by atoms with E-state index in [9.17, 15) is 13.2 Å². The van der Waals surface area contributed by atoms with Crippen LogP contribution in [0.4, 0.5) is 11.4 Å². The van der Waals surface area contributed by atoms with Gasteiger partial charge in [-0.15, -0.1) is 0 Å². The van der Waals surface area contributed by atoms with Crippen LogP contribution >= 0.6 is 0 Å². The van der Waals surface area contributed by atoms with Gasteiger partial charge in [-0.05, 0) is 49.2 Å². The molecule has 1 aliphatic heterocycles. The molecule has 0 N–H and O–H groups in total. The fourth-order valence-electron chi connectivity index (χ4n) is 4.54. The second-order valence-electron chi connectivity index (χ2n) is 8.51. The molecule has 0 radical (unpaired) electrons. The van der Waals surface area contributed by atoms with Crippen molar-refractivity contribution in [3.05, 3.63) is 66.2 Å². The summed E-state index contributed by atoms with van der Waals surface area (Å²) in [5, 5.41) is 0. The van der Waals surface area contributed by atoms with Crippen LogP contribution in [0, 0.1) is 0 Å². The number of hydrogen-bond acceptors (Lipinski definition) is 7. The highest BCUT2D eigenvalue weighted by atomic mass is 32.2. The van der Waals surface area contributed by atoms with Gasteiger partial charge in [-0.3, -0.25) is 9.10 Å². The summed E-state index contributed by atoms with van der Waals surface area (Å²) in [6, 6.07) is 16.6. The maximum Gasteiger partial charge on any atom is 0.265 e. The molecule has 1 heterocycles. The van der Waals surface area contributed by atoms with E-state index in [-0.39, 0.29) is 34.0 Å². The maximum atomic E-state index is 14.1. The first-order chi connectivity index (χ1) is 17.7. The average molecular weight is 527 g/mol. The highest BCUT2D eigenvalue weighted by Gasteiger charge is 2.36. The standard InChI is InChI=1S/C27H30N2O7S/c1-18-14-19-8-6-7-9-22(19)29(18)27(30)17-28(23-15-20(33-2)10-12-24(23)34-3)37(31,32)21-11-13-25(35-4)26(16-21)36-5/h6-13,15-16,18H,14,17H2,1-5H3. The molecular formula is C27H30N2O7S. The van der Waals surface area contributed by atoms with Crippen LogP contribution in [0.2, 0.25) is 0 Å². The van der Waals surface area contributed by atoms with E-state index >= 15 is 0 Å². The number of benzene rings is 3. The topological polar surface area (TPSA) is 94.6 Å². The predicted molar refractivity (Wildman–Crippen MR) is 141 cm³/mol. The number of hydrogen-bond donors (Lipinski definition) is 0. The molecule has 196 valence electrons. The summed E-state index contributed by atoms with van der Waals surface area (Å²) >= 11 is 0. The Kier molecular flexibility index (Phi) is 7.49. The molecule has 0 aliphatic carbocycles. The number of para-hydroxylation sites is 1. The van der Waals surface area contributed by atoms with E-state index in [0.29, 0.717) is 17.9 Å². The lowest BCUT2D eigenvalue weighted by Crippen LogP contribution is -2.45. The third kappa shape index (κ3) is 4.89. The highest BCUT2D eigenvalue weighted by molar-refractivity contribution is 7.92. The van der Waals surface area contributed by atoms with Gasteiger partial charge in [0.05, 0.1) is 39.0 Å². The van der Waals surface area contributed by atoms with Crippen molar-refractivity contribution >= 4 is 27.3 Å². The van der Waals surface area contributed by atoms with Crippen molar-refractivity contribution in [3.8, 4) is 23.0 Å². The molecule has 3 aromatic carbocycles. The normalized spacial score (nSPS) is 14.6. The zero-order chi connectivity index (χ0) is 26.7. The molecule has 0 aromatic heterocycles. The number of methoxy groups -OCH3 is 4. The largest absolute Gasteiger partial charge is 0.497 e. The zero-order valence-corrected chi connectivity index (χ0v) is 22.2. The molecule has 0 bridgehead atoms. The number of sulfonamides is 1. The molecule has 10 heteroatoms. The van der Waals surface area contributed by atoms with Gasteiger partial charge in [0, 0.05) is 23.9 Å². The summed E-state index contributed by atoms with van der Waals surface area (Å²) in [6.45, 7) is 1.48. The van der Waals surface area contributed by atoms with E-state index in [2.05, 4.69) is 0 Å². The number of ether oxygens (including phenoxy) is 4. The van der Waals surface area contributed by atoms with Gasteiger partial charge in [-0.1, -0.05) is 18.2 Å². The molecule has 1 unspecified atom stereocenters. The van der Waals surface area contributed by atoms with Crippen molar-refractivity contribution in [2.45, 2.75) is 24.3 Å². The second kappa shape index (κ2) is 10.6. The van der Waals surface area contributed by atoms with Crippen LogP contribution < -0.4 is 28.2 Å². The van der Waals surface area contributed by atoms with Crippen LogP contribution in [0.25, 0.3) is 0 Å². The second-order valence-corrected chi connectivity index (χ2v) is 10.4. The Morgan fingerprint density at radius 2 is 1.57 bits per heavy atom. The van der Waals surface area contributed by atoms with Gasteiger partial charge < -0.3 is 23.8 Å². The Balaban J connectivity index is 1.83. The molecular weight excluding hydrogens is 496 g/mol. The molecule has 0 saturated heterocycles. The minimum atomic E-state index is -4.27. The van der Waals surface area contributed by atoms with Gasteiger partial charge >= 0.3 is 0 Å². The Labute approximate surface area is 217 Å². The molecule has 9 nitrogen and oxygen atoms in total. The summed E-state index contributed by atoms with van der Waals surface area (Å²) in [5.74, 6) is 0.939. The molecule has 37 heavy (non-hydrogen) atoms. The van der Waals surface area contributed by atoms with Crippen molar-refractivity contribution in [2.24, 2.45) is 0 Å². The number of rotatable bonds is 9. The van der Waals surface area contributed by atoms with Crippen molar-refractivity contribution in [2.75, 3.05) is 44.2 Å². The lowest BCUT2D eigenvalue weighted by molar-refractivity contribution is -0.117. The third-order valence-corrected chi connectivity index (χ3v) is 8.11. The first-order valence-electron chi connectivity index (χ1n) is 11.6. The van der Waals surface area contributed by atoms with Crippen LogP contribution in [-0.2, 0) is 21.2 Å². The van der Waals surface area contributed by atoms with Crippen LogP contribution in [0.3, 0.4) is 0 Å². The van der Waals surface area contributed by atoms with Gasteiger partial charge in [0.1, 0.15) is 18.0 Å². The fraction of sp³-hybridized carbons (Fsp3) is 0.296. The Hall–Kier alpha value is -3.92. The van der Waals surface area contributed by atoms with Crippen molar-refractivity contribution < 1.29 is 32.2 Å². The molecule has 4 rings (SSSR count). The number of carbonyl (C=O) groups is 1. The molecule has 0 spiro atoms. The summed E-state index contributed by atoms with van der Waals surface area (Å²) < 4.78 is 50.7. The fourth-order valence-corrected chi connectivity index (χ4v) is 5.97. The highest BCUT2D eigenvalue weighted by Crippen LogP contribution is 2.38. The molecule has 0 saturated carbocycles. The minimum absolute atomic E-state index is 0.0716. The first-order valence-corrected chi connectivity index (χ1v) is 13.1. The monoisotopic (exact) mass is 526 g/mol. The number of fused-ring (bicyclic) bond motifs is 1. The lowest BCUT2D eigenvalue weighted by Gasteiger charge is -2.30. The van der Waals surface area contributed by atoms with Crippen molar-refractivity contribution in [1.82, 2.24) is 0 Å². The molecule has 1 aliphatic rings. The summed E-state index contributed by atoms with van der Waals surface area (Å²) in [5.41, 5.74) is 1.99. The van der Waals surface area contributed by atoms with Crippen molar-refractivity contribution in [3.63, 3.8) is 0 Å². The maximum absolute atomic E-state index is 14.1. The molecule has 1 amide bonds. The Morgan fingerprint density at radius 1 is 0.892 bits per heavy atom. The summed E-state index contributed by atoms with van der Waals surface area (Å²) in [7, 11) is 1.53. The van der Waals surface area contributed by atoms with E-state index in [1.165, 1.54) is 52.7 Å². The SMILES string of the molecule is COc1ccc(OC)c(N(CC(=O)N2c3ccccc3CC2C)S(=O)(=O)c2ccc(OC)c(OC)c2)c1. The van der Waals surface area contributed by atoms with Crippen molar-refractivity contribution in [1.29, 1.82) is 0 Å². The lowest BCUT2D eigenvalue weighted by atomic mass is 10.1. The third-order valence-electron chi connectivity index (χ3n) is 6.35. The van der Waals surface area contributed by atoms with E-state index < -0.39 is 16.6 Å². The quantitative estimate of drug-likeness (QED) is 0.417. The summed E-state index contributed by atoms with van der Waals surface area (Å²) in [4.78, 5) is 15.3. The molecule has 1 atom stereocenters. The minimum Gasteiger partial charge on any atom is -0.497 e. The Morgan fingerprint density at radius 3 is 2.24 bits per heavy atom. The van der Waals surface area contributed by atoms with Gasteiger partial charge in [0.2, 0.25) is 5.91 Å². The van der Waals surface area contributed by atoms with E-state index in [1.807, 2.05) is 31.2 Å². The van der Waals surface area contributed by atoms with E-state index in [1.54, 1.807) is 17.0 Å².